The molecule has 0 saturated heterocycles. The quantitative estimate of drug-likeness (QED) is 0.567. The van der Waals surface area contributed by atoms with E-state index >= 15 is 0 Å². The zero-order valence-corrected chi connectivity index (χ0v) is 18.7. The first-order valence-corrected chi connectivity index (χ1v) is 18.7. The van der Waals surface area contributed by atoms with Crippen molar-refractivity contribution in [1.29, 1.82) is 0 Å². The lowest BCUT2D eigenvalue weighted by atomic mass is 10.2. The Morgan fingerprint density at radius 3 is 1.21 bits per heavy atom. The van der Waals surface area contributed by atoms with Gasteiger partial charge in [-0.25, -0.2) is 0 Å². The van der Waals surface area contributed by atoms with Crippen LogP contribution >= 0.6 is 0 Å². The minimum atomic E-state index is -0.750. The summed E-state index contributed by atoms with van der Waals surface area (Å²) in [5.41, 5.74) is 4.70. The average Bonchev–Trinajstić information content (AvgIpc) is 2.64. The molecule has 24 heavy (non-hydrogen) atoms. The van der Waals surface area contributed by atoms with Crippen LogP contribution in [0.4, 0.5) is 0 Å². The van der Waals surface area contributed by atoms with E-state index in [0.29, 0.717) is 0 Å². The lowest BCUT2D eigenvalue weighted by Crippen LogP contribution is -2.43. The van der Waals surface area contributed by atoms with Gasteiger partial charge in [0.1, 0.15) is 0 Å². The van der Waals surface area contributed by atoms with Crippen molar-refractivity contribution in [3.05, 3.63) is 108 Å². The van der Waals surface area contributed by atoms with E-state index in [1.165, 1.54) is 27.9 Å². The third-order valence-corrected chi connectivity index (χ3v) is 26.3. The first kappa shape index (κ1) is 17.1. The molecular formula is C21H26Si3. The Balaban J connectivity index is 1.75. The molecule has 1 atom stereocenters. The van der Waals surface area contributed by atoms with Gasteiger partial charge in [0.25, 0.3) is 0 Å². The molecule has 3 rings (SSSR count). The molecule has 0 aliphatic rings. The van der Waals surface area contributed by atoms with Crippen LogP contribution in [0.25, 0.3) is 0 Å². The van der Waals surface area contributed by atoms with Crippen molar-refractivity contribution in [3.63, 3.8) is 0 Å². The minimum absolute atomic E-state index is 0.606. The predicted octanol–water partition coefficient (Wildman–Crippen LogP) is 2.73. The Kier molecular flexibility index (Phi) is 6.41. The number of hydrogen-bond acceptors (Lipinski definition) is 0. The van der Waals surface area contributed by atoms with Gasteiger partial charge < -0.3 is 0 Å². The largest absolute Gasteiger partial charge is 0.0622 e. The fourth-order valence-corrected chi connectivity index (χ4v) is 19.0. The summed E-state index contributed by atoms with van der Waals surface area (Å²) in [5, 5.41) is 0. The van der Waals surface area contributed by atoms with Gasteiger partial charge in [0.2, 0.25) is 0 Å². The summed E-state index contributed by atoms with van der Waals surface area (Å²) in [6.07, 6.45) is 0. The van der Waals surface area contributed by atoms with Gasteiger partial charge in [0.05, 0.1) is 0 Å². The molecule has 1 unspecified atom stereocenters. The molecule has 0 amide bonds. The molecule has 0 nitrogen and oxygen atoms in total. The summed E-state index contributed by atoms with van der Waals surface area (Å²) in [4.78, 5) is 0. The summed E-state index contributed by atoms with van der Waals surface area (Å²) in [6, 6.07) is 37.7. The zero-order chi connectivity index (χ0) is 16.6. The summed E-state index contributed by atoms with van der Waals surface area (Å²) in [5.74, 6) is 0. The molecule has 122 valence electrons. The van der Waals surface area contributed by atoms with Crippen LogP contribution in [-0.4, -0.2) is 25.9 Å². The number of rotatable bonds is 7. The highest BCUT2D eigenvalue weighted by Gasteiger charge is 2.21. The monoisotopic (exact) mass is 362 g/mol. The highest BCUT2D eigenvalue weighted by molar-refractivity contribution is 7.40. The first-order chi connectivity index (χ1) is 11.8. The average molecular weight is 363 g/mol. The fourth-order valence-electron chi connectivity index (χ4n) is 3.46. The smallest absolute Gasteiger partial charge is 0.0343 e. The van der Waals surface area contributed by atoms with Crippen molar-refractivity contribution in [2.75, 3.05) is 0 Å². The first-order valence-electron chi connectivity index (χ1n) is 8.93. The van der Waals surface area contributed by atoms with Gasteiger partial charge in [-0.1, -0.05) is 108 Å². The standard InChI is InChI=1S/C21H26Si3/c22-24(18-21-14-8-3-9-15-21)23(16-19-10-4-1-5-11-19)17-20-12-6-2-7-13-20/h1-15,23-24H,16-18H2,22H3. The van der Waals surface area contributed by atoms with E-state index in [9.17, 15) is 0 Å². The van der Waals surface area contributed by atoms with Crippen LogP contribution in [0.3, 0.4) is 0 Å². The maximum Gasteiger partial charge on any atom is 0.0343 e. The summed E-state index contributed by atoms with van der Waals surface area (Å²) >= 11 is 0. The van der Waals surface area contributed by atoms with Crippen molar-refractivity contribution in [3.8, 4) is 0 Å². The highest BCUT2D eigenvalue weighted by atomic mass is 29.6. The summed E-state index contributed by atoms with van der Waals surface area (Å²) in [6.45, 7) is 0. The van der Waals surface area contributed by atoms with Crippen molar-refractivity contribution < 1.29 is 0 Å². The second-order valence-corrected chi connectivity index (χ2v) is 26.2. The van der Waals surface area contributed by atoms with Gasteiger partial charge in [-0.05, 0) is 27.9 Å². The van der Waals surface area contributed by atoms with Gasteiger partial charge in [0.15, 0.2) is 0 Å². The van der Waals surface area contributed by atoms with E-state index < -0.39 is 16.1 Å². The van der Waals surface area contributed by atoms with Crippen LogP contribution in [0, 0.1) is 0 Å². The number of hydrogen-bond donors (Lipinski definition) is 0. The van der Waals surface area contributed by atoms with Crippen LogP contribution in [0.5, 0.6) is 0 Å². The molecule has 0 aliphatic heterocycles. The van der Waals surface area contributed by atoms with Crippen LogP contribution in [-0.2, 0) is 18.1 Å². The SMILES string of the molecule is [SiH3][SiH](Cc1ccccc1)[SiH](Cc1ccccc1)Cc1ccccc1. The van der Waals surface area contributed by atoms with Gasteiger partial charge >= 0.3 is 0 Å². The second kappa shape index (κ2) is 8.97. The molecular weight excluding hydrogens is 336 g/mol. The topological polar surface area (TPSA) is 0 Å². The Morgan fingerprint density at radius 2 is 0.833 bits per heavy atom. The Labute approximate surface area is 151 Å². The van der Waals surface area contributed by atoms with Crippen molar-refractivity contribution in [2.24, 2.45) is 0 Å². The maximum absolute atomic E-state index is 2.33. The molecule has 0 radical (unpaired) electrons. The Hall–Kier alpha value is -1.69. The molecule has 0 aromatic heterocycles. The van der Waals surface area contributed by atoms with E-state index in [4.69, 9.17) is 0 Å². The van der Waals surface area contributed by atoms with E-state index in [-0.39, 0.29) is 0 Å². The molecule has 3 aromatic carbocycles. The van der Waals surface area contributed by atoms with Crippen LogP contribution in [0.2, 0.25) is 0 Å². The van der Waals surface area contributed by atoms with Gasteiger partial charge in [-0.2, -0.15) is 0 Å². The van der Waals surface area contributed by atoms with Gasteiger partial charge in [-0.15, -0.1) is 0 Å². The molecule has 3 heteroatoms. The van der Waals surface area contributed by atoms with Gasteiger partial charge in [-0.3, -0.25) is 0 Å². The van der Waals surface area contributed by atoms with Crippen molar-refractivity contribution >= 4 is 25.9 Å². The van der Waals surface area contributed by atoms with Crippen LogP contribution in [0.15, 0.2) is 91.0 Å². The third kappa shape index (κ3) is 5.16. The molecule has 3 aromatic rings. The van der Waals surface area contributed by atoms with E-state index in [1.54, 1.807) is 16.7 Å². The second-order valence-electron chi connectivity index (χ2n) is 6.81. The molecule has 0 fully saturated rings. The molecule has 0 saturated carbocycles. The Bertz CT molecular complexity index is 672. The van der Waals surface area contributed by atoms with Crippen molar-refractivity contribution in [1.82, 2.24) is 0 Å². The van der Waals surface area contributed by atoms with E-state index in [0.717, 1.165) is 0 Å². The molecule has 0 heterocycles. The minimum Gasteiger partial charge on any atom is -0.0622 e. The Morgan fingerprint density at radius 1 is 0.500 bits per heavy atom. The summed E-state index contributed by atoms with van der Waals surface area (Å²) in [7, 11) is 0.0734. The molecule has 0 N–H and O–H groups in total. The molecule has 0 aliphatic carbocycles. The maximum atomic E-state index is 2.33. The van der Waals surface area contributed by atoms with E-state index in [1.807, 2.05) is 0 Å². The normalized spacial score (nSPS) is 12.4. The lowest BCUT2D eigenvalue weighted by Gasteiger charge is -2.22. The van der Waals surface area contributed by atoms with Gasteiger partial charge in [0, 0.05) is 16.1 Å². The zero-order valence-electron chi connectivity index (χ0n) is 14.4. The molecule has 0 bridgehead atoms. The fraction of sp³-hybridized carbons (Fsp3) is 0.143. The van der Waals surface area contributed by atoms with E-state index in [2.05, 4.69) is 91.0 Å². The number of benzene rings is 3. The van der Waals surface area contributed by atoms with Crippen molar-refractivity contribution in [2.45, 2.75) is 18.1 Å². The van der Waals surface area contributed by atoms with Crippen LogP contribution < -0.4 is 0 Å². The lowest BCUT2D eigenvalue weighted by molar-refractivity contribution is 1.28. The van der Waals surface area contributed by atoms with Crippen LogP contribution in [0.1, 0.15) is 16.7 Å². The third-order valence-electron chi connectivity index (χ3n) is 4.89. The molecule has 0 spiro atoms. The predicted molar refractivity (Wildman–Crippen MR) is 115 cm³/mol. The highest BCUT2D eigenvalue weighted by Crippen LogP contribution is 2.12. The summed E-state index contributed by atoms with van der Waals surface area (Å²) < 4.78 is 0.